The lowest BCUT2D eigenvalue weighted by molar-refractivity contribution is 0.316. The highest BCUT2D eigenvalue weighted by atomic mass is 127. The molecule has 2 N–H and O–H groups in total. The smallest absolute Gasteiger partial charge is 0.170 e. The molecular weight excluding hydrogens is 331 g/mol. The fourth-order valence-electron chi connectivity index (χ4n) is 1.64. The molecule has 86 valence electrons. The molecule has 1 aromatic carbocycles. The zero-order chi connectivity index (χ0) is 11.4. The highest BCUT2D eigenvalue weighted by molar-refractivity contribution is 14.1. The van der Waals surface area contributed by atoms with E-state index in [1.54, 1.807) is 0 Å². The van der Waals surface area contributed by atoms with Crippen LogP contribution in [0.25, 0.3) is 0 Å². The Labute approximate surface area is 115 Å². The molecule has 0 spiro atoms. The average molecular weight is 346 g/mol. The summed E-state index contributed by atoms with van der Waals surface area (Å²) in [4.78, 5) is 0. The second kappa shape index (κ2) is 5.82. The number of anilines is 1. The summed E-state index contributed by atoms with van der Waals surface area (Å²) in [6.07, 6.45) is 4.07. The Balaban J connectivity index is 1.75. The van der Waals surface area contributed by atoms with Crippen molar-refractivity contribution in [1.29, 1.82) is 0 Å². The molecule has 1 saturated carbocycles. The van der Waals surface area contributed by atoms with Gasteiger partial charge < -0.3 is 10.6 Å². The molecule has 2 rings (SSSR count). The molecule has 0 unspecified atom stereocenters. The van der Waals surface area contributed by atoms with E-state index in [-0.39, 0.29) is 0 Å². The first-order valence-corrected chi connectivity index (χ1v) is 7.03. The molecule has 0 aliphatic heterocycles. The highest BCUT2D eigenvalue weighted by Crippen LogP contribution is 2.25. The molecule has 0 atom stereocenters. The molecule has 1 aromatic rings. The third-order valence-electron chi connectivity index (χ3n) is 2.88. The minimum Gasteiger partial charge on any atom is -0.362 e. The number of thiocarbonyl (C=S) groups is 1. The second-order valence-electron chi connectivity index (χ2n) is 4.14. The third kappa shape index (κ3) is 3.59. The first-order chi connectivity index (χ1) is 7.74. The van der Waals surface area contributed by atoms with E-state index in [1.165, 1.54) is 22.8 Å². The number of nitrogens with one attached hydrogen (secondary N) is 2. The number of benzene rings is 1. The van der Waals surface area contributed by atoms with Crippen molar-refractivity contribution in [3.63, 3.8) is 0 Å². The quantitative estimate of drug-likeness (QED) is 0.648. The molecule has 0 bridgehead atoms. The van der Waals surface area contributed by atoms with Crippen molar-refractivity contribution in [2.24, 2.45) is 5.92 Å². The van der Waals surface area contributed by atoms with Gasteiger partial charge in [0, 0.05) is 15.8 Å². The molecule has 0 saturated heterocycles. The van der Waals surface area contributed by atoms with Gasteiger partial charge in [0.2, 0.25) is 0 Å². The Morgan fingerprint density at radius 3 is 2.56 bits per heavy atom. The van der Waals surface area contributed by atoms with Crippen LogP contribution >= 0.6 is 34.8 Å². The summed E-state index contributed by atoms with van der Waals surface area (Å²) in [6.45, 7) is 1.01. The van der Waals surface area contributed by atoms with Crippen LogP contribution in [0.15, 0.2) is 24.3 Å². The van der Waals surface area contributed by atoms with Crippen LogP contribution in [0, 0.1) is 9.49 Å². The Bertz CT molecular complexity index is 360. The van der Waals surface area contributed by atoms with Crippen molar-refractivity contribution in [3.8, 4) is 0 Å². The number of halogens is 1. The molecule has 4 heteroatoms. The van der Waals surface area contributed by atoms with Gasteiger partial charge in [-0.2, -0.15) is 0 Å². The zero-order valence-electron chi connectivity index (χ0n) is 9.00. The number of hydrogen-bond acceptors (Lipinski definition) is 1. The van der Waals surface area contributed by atoms with Gasteiger partial charge in [-0.25, -0.2) is 0 Å². The van der Waals surface area contributed by atoms with Crippen LogP contribution in [0.2, 0.25) is 0 Å². The Hall–Kier alpha value is -0.360. The van der Waals surface area contributed by atoms with Crippen molar-refractivity contribution in [2.75, 3.05) is 11.9 Å². The maximum atomic E-state index is 5.24. The van der Waals surface area contributed by atoms with Crippen LogP contribution in [-0.4, -0.2) is 11.7 Å². The number of rotatable bonds is 3. The predicted molar refractivity (Wildman–Crippen MR) is 80.7 cm³/mol. The maximum Gasteiger partial charge on any atom is 0.170 e. The van der Waals surface area contributed by atoms with Crippen molar-refractivity contribution in [1.82, 2.24) is 5.32 Å². The van der Waals surface area contributed by atoms with Crippen LogP contribution in [0.3, 0.4) is 0 Å². The topological polar surface area (TPSA) is 24.1 Å². The Morgan fingerprint density at radius 2 is 2.00 bits per heavy atom. The second-order valence-corrected chi connectivity index (χ2v) is 5.79. The summed E-state index contributed by atoms with van der Waals surface area (Å²) in [5.41, 5.74) is 1.05. The minimum atomic E-state index is 0.730. The van der Waals surface area contributed by atoms with Gasteiger partial charge in [0.15, 0.2) is 5.11 Å². The van der Waals surface area contributed by atoms with E-state index in [0.717, 1.165) is 23.3 Å². The fraction of sp³-hybridized carbons (Fsp3) is 0.417. The van der Waals surface area contributed by atoms with E-state index in [0.29, 0.717) is 0 Å². The van der Waals surface area contributed by atoms with Gasteiger partial charge in [-0.1, -0.05) is 6.42 Å². The zero-order valence-corrected chi connectivity index (χ0v) is 12.0. The minimum absolute atomic E-state index is 0.730. The fourth-order valence-corrected chi connectivity index (χ4v) is 2.20. The molecule has 16 heavy (non-hydrogen) atoms. The molecule has 1 aliphatic carbocycles. The summed E-state index contributed by atoms with van der Waals surface area (Å²) < 4.78 is 1.23. The van der Waals surface area contributed by atoms with E-state index in [9.17, 15) is 0 Å². The van der Waals surface area contributed by atoms with E-state index >= 15 is 0 Å². The van der Waals surface area contributed by atoms with Gasteiger partial charge >= 0.3 is 0 Å². The summed E-state index contributed by atoms with van der Waals surface area (Å²) in [7, 11) is 0. The van der Waals surface area contributed by atoms with Crippen molar-refractivity contribution in [2.45, 2.75) is 19.3 Å². The standard InChI is InChI=1S/C12H15IN2S/c13-10-4-6-11(7-5-10)15-12(16)14-8-9-2-1-3-9/h4-7,9H,1-3,8H2,(H2,14,15,16). The van der Waals surface area contributed by atoms with E-state index in [2.05, 4.69) is 45.4 Å². The van der Waals surface area contributed by atoms with Gasteiger partial charge in [0.1, 0.15) is 0 Å². The highest BCUT2D eigenvalue weighted by Gasteiger charge is 2.16. The van der Waals surface area contributed by atoms with Crippen LogP contribution < -0.4 is 10.6 Å². The maximum absolute atomic E-state index is 5.24. The largest absolute Gasteiger partial charge is 0.362 e. The van der Waals surface area contributed by atoms with Crippen molar-refractivity contribution >= 4 is 45.6 Å². The van der Waals surface area contributed by atoms with Crippen molar-refractivity contribution < 1.29 is 0 Å². The molecule has 1 fully saturated rings. The van der Waals surface area contributed by atoms with Crippen LogP contribution in [-0.2, 0) is 0 Å². The van der Waals surface area contributed by atoms with E-state index in [4.69, 9.17) is 12.2 Å². The van der Waals surface area contributed by atoms with Crippen LogP contribution in [0.4, 0.5) is 5.69 Å². The lowest BCUT2D eigenvalue weighted by Crippen LogP contribution is -2.34. The van der Waals surface area contributed by atoms with Crippen LogP contribution in [0.1, 0.15) is 19.3 Å². The summed E-state index contributed by atoms with van der Waals surface area (Å²) in [5, 5.41) is 7.19. The Kier molecular flexibility index (Phi) is 4.40. The first kappa shape index (κ1) is 12.1. The number of hydrogen-bond donors (Lipinski definition) is 2. The van der Waals surface area contributed by atoms with E-state index < -0.39 is 0 Å². The SMILES string of the molecule is S=C(NCC1CCC1)Nc1ccc(I)cc1. The summed E-state index contributed by atoms with van der Waals surface area (Å²) in [6, 6.07) is 8.22. The molecule has 0 radical (unpaired) electrons. The third-order valence-corrected chi connectivity index (χ3v) is 3.84. The van der Waals surface area contributed by atoms with Crippen LogP contribution in [0.5, 0.6) is 0 Å². The molecule has 0 heterocycles. The summed E-state index contributed by atoms with van der Waals surface area (Å²) >= 11 is 7.53. The molecule has 1 aliphatic rings. The summed E-state index contributed by atoms with van der Waals surface area (Å²) in [5.74, 6) is 0.830. The first-order valence-electron chi connectivity index (χ1n) is 5.54. The van der Waals surface area contributed by atoms with E-state index in [1.807, 2.05) is 12.1 Å². The van der Waals surface area contributed by atoms with Crippen molar-refractivity contribution in [3.05, 3.63) is 27.8 Å². The molecule has 0 amide bonds. The molecular formula is C12H15IN2S. The lowest BCUT2D eigenvalue weighted by Gasteiger charge is -2.26. The Morgan fingerprint density at radius 1 is 1.31 bits per heavy atom. The molecule has 0 aromatic heterocycles. The monoisotopic (exact) mass is 346 g/mol. The van der Waals surface area contributed by atoms with Gasteiger partial charge in [0.25, 0.3) is 0 Å². The lowest BCUT2D eigenvalue weighted by atomic mass is 9.85. The molecule has 2 nitrogen and oxygen atoms in total. The van der Waals surface area contributed by atoms with Gasteiger partial charge in [0.05, 0.1) is 0 Å². The normalized spacial score (nSPS) is 15.3. The van der Waals surface area contributed by atoms with Gasteiger partial charge in [-0.3, -0.25) is 0 Å². The van der Waals surface area contributed by atoms with Gasteiger partial charge in [-0.05, 0) is 77.8 Å². The van der Waals surface area contributed by atoms with Gasteiger partial charge in [-0.15, -0.1) is 0 Å². The average Bonchev–Trinajstić information content (AvgIpc) is 2.19. The predicted octanol–water partition coefficient (Wildman–Crippen LogP) is 3.38.